The van der Waals surface area contributed by atoms with Crippen LogP contribution < -0.4 is 0 Å². The van der Waals surface area contributed by atoms with Gasteiger partial charge in [0, 0.05) is 31.2 Å². The largest absolute Gasteiger partial charge is 0.382 e. The molecule has 5 nitrogen and oxygen atoms in total. The summed E-state index contributed by atoms with van der Waals surface area (Å²) in [5.41, 5.74) is 2.98. The molecule has 184 valence electrons. The Balaban J connectivity index is 1.55. The van der Waals surface area contributed by atoms with E-state index >= 15 is 0 Å². The second-order valence-electron chi connectivity index (χ2n) is 8.53. The van der Waals surface area contributed by atoms with E-state index in [2.05, 4.69) is 23.6 Å². The fraction of sp³-hybridized carbons (Fsp3) is 0.357. The summed E-state index contributed by atoms with van der Waals surface area (Å²) in [4.78, 5) is 32.0. The van der Waals surface area contributed by atoms with Gasteiger partial charge in [0.05, 0.1) is 12.6 Å². The summed E-state index contributed by atoms with van der Waals surface area (Å²) in [6.07, 6.45) is 1.46. The Bertz CT molecular complexity index is 1110. The van der Waals surface area contributed by atoms with Crippen LogP contribution in [0.3, 0.4) is 0 Å². The summed E-state index contributed by atoms with van der Waals surface area (Å²) in [5.74, 6) is -0.329. The monoisotopic (exact) mass is 510 g/mol. The number of carbonyl (C=O) groups is 2. The van der Waals surface area contributed by atoms with Gasteiger partial charge in [-0.1, -0.05) is 60.7 Å². The van der Waals surface area contributed by atoms with Crippen molar-refractivity contribution in [2.24, 2.45) is 0 Å². The molecule has 2 unspecified atom stereocenters. The Kier molecular flexibility index (Phi) is 8.96. The Labute approximate surface area is 216 Å². The summed E-state index contributed by atoms with van der Waals surface area (Å²) in [7, 11) is 0. The van der Waals surface area contributed by atoms with Crippen LogP contribution >= 0.6 is 22.9 Å². The molecule has 0 bridgehead atoms. The van der Waals surface area contributed by atoms with Gasteiger partial charge in [-0.05, 0) is 47.9 Å². The van der Waals surface area contributed by atoms with Gasteiger partial charge >= 0.3 is 0 Å². The van der Waals surface area contributed by atoms with Gasteiger partial charge in [0.25, 0.3) is 0 Å². The molecule has 7 heteroatoms. The van der Waals surface area contributed by atoms with Crippen molar-refractivity contribution in [2.75, 3.05) is 32.8 Å². The third-order valence-electron chi connectivity index (χ3n) is 6.27. The zero-order chi connectivity index (χ0) is 24.6. The molecule has 2 amide bonds. The first-order chi connectivity index (χ1) is 17.1. The quantitative estimate of drug-likeness (QED) is 0.269. The van der Waals surface area contributed by atoms with Crippen LogP contribution in [0, 0.1) is 0 Å². The van der Waals surface area contributed by atoms with E-state index in [9.17, 15) is 9.59 Å². The Morgan fingerprint density at radius 3 is 2.54 bits per heavy atom. The maximum absolute atomic E-state index is 13.7. The maximum atomic E-state index is 13.7. The average Bonchev–Trinajstić information content (AvgIpc) is 3.39. The predicted octanol–water partition coefficient (Wildman–Crippen LogP) is 5.46. The number of ether oxygens (including phenoxy) is 1. The minimum absolute atomic E-state index is 0.0101. The molecule has 0 radical (unpaired) electrons. The average molecular weight is 511 g/mol. The Morgan fingerprint density at radius 2 is 1.83 bits per heavy atom. The number of amides is 2. The van der Waals surface area contributed by atoms with Gasteiger partial charge in [-0.2, -0.15) is 0 Å². The lowest BCUT2D eigenvalue weighted by Gasteiger charge is -2.38. The van der Waals surface area contributed by atoms with Crippen molar-refractivity contribution in [1.29, 1.82) is 0 Å². The minimum Gasteiger partial charge on any atom is -0.382 e. The van der Waals surface area contributed by atoms with Crippen molar-refractivity contribution in [3.8, 4) is 0 Å². The van der Waals surface area contributed by atoms with E-state index in [1.54, 1.807) is 16.2 Å². The number of fused-ring (bicyclic) bond motifs is 1. The number of thiophene rings is 1. The van der Waals surface area contributed by atoms with E-state index in [4.69, 9.17) is 16.3 Å². The molecular formula is C28H31ClN2O3S. The molecule has 0 spiro atoms. The van der Waals surface area contributed by atoms with Crippen LogP contribution in [-0.4, -0.2) is 54.5 Å². The maximum Gasteiger partial charge on any atom is 0.245 e. The normalized spacial score (nSPS) is 15.9. The lowest BCUT2D eigenvalue weighted by Crippen LogP contribution is -2.47. The lowest BCUT2D eigenvalue weighted by atomic mass is 9.93. The molecule has 0 saturated heterocycles. The van der Waals surface area contributed by atoms with E-state index in [-0.39, 0.29) is 24.4 Å². The number of hydrogen-bond donors (Lipinski definition) is 0. The standard InChI is InChI=1S/C28H31ClN2O3S/c1-2-34-18-9-16-30(28(33)26(29)21-10-5-3-6-11-21)20-25(32)31-17-14-24-23(15-19-35-24)27(31)22-12-7-4-8-13-22/h3-8,10-13,15,19,26-27H,2,9,14,16-18,20H2,1H3. The highest BCUT2D eigenvalue weighted by molar-refractivity contribution is 7.10. The molecule has 0 aliphatic carbocycles. The van der Waals surface area contributed by atoms with Crippen LogP contribution in [0.4, 0.5) is 0 Å². The molecule has 2 atom stereocenters. The minimum atomic E-state index is -0.842. The van der Waals surface area contributed by atoms with Crippen molar-refractivity contribution in [2.45, 2.75) is 31.2 Å². The summed E-state index contributed by atoms with van der Waals surface area (Å²) in [6.45, 7) is 4.11. The molecule has 1 aromatic heterocycles. The van der Waals surface area contributed by atoms with E-state index in [0.717, 1.165) is 17.5 Å². The number of halogens is 1. The molecule has 1 aliphatic rings. The first-order valence-corrected chi connectivity index (χ1v) is 13.4. The zero-order valence-electron chi connectivity index (χ0n) is 19.9. The lowest BCUT2D eigenvalue weighted by molar-refractivity contribution is -0.141. The van der Waals surface area contributed by atoms with Crippen LogP contribution in [0.25, 0.3) is 0 Å². The molecule has 0 saturated carbocycles. The molecule has 1 aliphatic heterocycles. The molecule has 3 aromatic rings. The van der Waals surface area contributed by atoms with Gasteiger partial charge in [0.1, 0.15) is 5.38 Å². The summed E-state index contributed by atoms with van der Waals surface area (Å²) >= 11 is 8.33. The number of carbonyl (C=O) groups excluding carboxylic acids is 2. The van der Waals surface area contributed by atoms with Gasteiger partial charge in [0.15, 0.2) is 0 Å². The van der Waals surface area contributed by atoms with Gasteiger partial charge in [0.2, 0.25) is 11.8 Å². The molecule has 4 rings (SSSR count). The van der Waals surface area contributed by atoms with Crippen LogP contribution in [-0.2, 0) is 20.7 Å². The highest BCUT2D eigenvalue weighted by Crippen LogP contribution is 2.38. The molecule has 0 N–H and O–H groups in total. The molecule has 2 aromatic carbocycles. The van der Waals surface area contributed by atoms with Crippen molar-refractivity contribution in [1.82, 2.24) is 9.80 Å². The van der Waals surface area contributed by atoms with Crippen molar-refractivity contribution < 1.29 is 14.3 Å². The predicted molar refractivity (Wildman–Crippen MR) is 141 cm³/mol. The van der Waals surface area contributed by atoms with Crippen molar-refractivity contribution in [3.63, 3.8) is 0 Å². The smallest absolute Gasteiger partial charge is 0.245 e. The topological polar surface area (TPSA) is 49.9 Å². The van der Waals surface area contributed by atoms with Crippen molar-refractivity contribution >= 4 is 34.8 Å². The van der Waals surface area contributed by atoms with Crippen LogP contribution in [0.2, 0.25) is 0 Å². The number of nitrogens with zero attached hydrogens (tertiary/aromatic N) is 2. The number of alkyl halides is 1. The van der Waals surface area contributed by atoms with Gasteiger partial charge in [-0.15, -0.1) is 22.9 Å². The highest BCUT2D eigenvalue weighted by Gasteiger charge is 2.34. The van der Waals surface area contributed by atoms with E-state index in [0.29, 0.717) is 32.7 Å². The molecule has 2 heterocycles. The van der Waals surface area contributed by atoms with E-state index in [1.165, 1.54) is 10.4 Å². The Hall–Kier alpha value is -2.67. The number of hydrogen-bond acceptors (Lipinski definition) is 4. The fourth-order valence-electron chi connectivity index (χ4n) is 4.53. The first-order valence-electron chi connectivity index (χ1n) is 12.1. The van der Waals surface area contributed by atoms with Crippen LogP contribution in [0.5, 0.6) is 0 Å². The second-order valence-corrected chi connectivity index (χ2v) is 9.97. The second kappa shape index (κ2) is 12.3. The van der Waals surface area contributed by atoms with Crippen molar-refractivity contribution in [3.05, 3.63) is 93.7 Å². The third kappa shape index (κ3) is 6.13. The fourth-order valence-corrected chi connectivity index (χ4v) is 5.72. The summed E-state index contributed by atoms with van der Waals surface area (Å²) in [6, 6.07) is 21.4. The van der Waals surface area contributed by atoms with Gasteiger partial charge in [-0.25, -0.2) is 0 Å². The molecular weight excluding hydrogens is 480 g/mol. The molecule has 0 fully saturated rings. The third-order valence-corrected chi connectivity index (χ3v) is 7.70. The summed E-state index contributed by atoms with van der Waals surface area (Å²) in [5, 5.41) is 1.25. The Morgan fingerprint density at radius 1 is 1.11 bits per heavy atom. The first kappa shape index (κ1) is 25.4. The van der Waals surface area contributed by atoms with Crippen LogP contribution in [0.1, 0.15) is 46.3 Å². The highest BCUT2D eigenvalue weighted by atomic mass is 35.5. The summed E-state index contributed by atoms with van der Waals surface area (Å²) < 4.78 is 5.47. The molecule has 35 heavy (non-hydrogen) atoms. The van der Waals surface area contributed by atoms with Gasteiger partial charge in [-0.3, -0.25) is 9.59 Å². The van der Waals surface area contributed by atoms with E-state index < -0.39 is 5.38 Å². The zero-order valence-corrected chi connectivity index (χ0v) is 21.5. The number of rotatable bonds is 10. The van der Waals surface area contributed by atoms with Gasteiger partial charge < -0.3 is 14.5 Å². The van der Waals surface area contributed by atoms with Crippen LogP contribution in [0.15, 0.2) is 72.1 Å². The van der Waals surface area contributed by atoms with E-state index in [1.807, 2.05) is 60.4 Å². The SMILES string of the molecule is CCOCCCN(CC(=O)N1CCc2sccc2C1c1ccccc1)C(=O)C(Cl)c1ccccc1. The number of benzene rings is 2.